The fourth-order valence-electron chi connectivity index (χ4n) is 2.00. The predicted molar refractivity (Wildman–Crippen MR) is 82.4 cm³/mol. The molecule has 0 saturated carbocycles. The molecule has 2 heterocycles. The summed E-state index contributed by atoms with van der Waals surface area (Å²) in [5.41, 5.74) is 0.601. The molecule has 20 heavy (non-hydrogen) atoms. The maximum atomic E-state index is 12.3. The van der Waals surface area contributed by atoms with Crippen LogP contribution in [0.2, 0.25) is 15.2 Å². The van der Waals surface area contributed by atoms with Crippen LogP contribution in [0.25, 0.3) is 16.7 Å². The first-order valence-electron chi connectivity index (χ1n) is 5.70. The molecule has 0 saturated heterocycles. The van der Waals surface area contributed by atoms with Crippen LogP contribution in [-0.4, -0.2) is 9.55 Å². The average molecular weight is 326 g/mol. The Hall–Kier alpha value is -1.55. The summed E-state index contributed by atoms with van der Waals surface area (Å²) in [7, 11) is 0. The molecule has 0 fully saturated rings. The maximum absolute atomic E-state index is 12.3. The van der Waals surface area contributed by atoms with Crippen molar-refractivity contribution in [3.63, 3.8) is 0 Å². The van der Waals surface area contributed by atoms with Gasteiger partial charge < -0.3 is 0 Å². The van der Waals surface area contributed by atoms with Gasteiger partial charge in [-0.3, -0.25) is 9.36 Å². The van der Waals surface area contributed by atoms with E-state index in [0.717, 1.165) is 0 Å². The minimum atomic E-state index is -0.314. The van der Waals surface area contributed by atoms with Gasteiger partial charge in [-0.15, -0.1) is 0 Å². The SMILES string of the molecule is O=c1cc(Cl)c2ccc(Cl)nc2n1-c1ccccc1Cl. The van der Waals surface area contributed by atoms with Gasteiger partial charge in [0.25, 0.3) is 5.56 Å². The van der Waals surface area contributed by atoms with Crippen molar-refractivity contribution in [2.75, 3.05) is 0 Å². The van der Waals surface area contributed by atoms with Crippen LogP contribution in [0.5, 0.6) is 0 Å². The topological polar surface area (TPSA) is 34.9 Å². The Kier molecular flexibility index (Phi) is 3.42. The second-order valence-electron chi connectivity index (χ2n) is 4.12. The number of fused-ring (bicyclic) bond motifs is 1. The lowest BCUT2D eigenvalue weighted by atomic mass is 10.2. The highest BCUT2D eigenvalue weighted by atomic mass is 35.5. The van der Waals surface area contributed by atoms with Gasteiger partial charge in [0.05, 0.1) is 15.7 Å². The van der Waals surface area contributed by atoms with Gasteiger partial charge in [-0.05, 0) is 24.3 Å². The molecule has 0 aliphatic carbocycles. The van der Waals surface area contributed by atoms with Gasteiger partial charge in [-0.2, -0.15) is 0 Å². The van der Waals surface area contributed by atoms with E-state index in [1.54, 1.807) is 36.4 Å². The summed E-state index contributed by atoms with van der Waals surface area (Å²) in [6.45, 7) is 0. The Morgan fingerprint density at radius 2 is 1.70 bits per heavy atom. The molecule has 0 spiro atoms. The predicted octanol–water partition coefficient (Wildman–Crippen LogP) is 4.35. The largest absolute Gasteiger partial charge is 0.269 e. The molecule has 1 aromatic carbocycles. The summed E-state index contributed by atoms with van der Waals surface area (Å²) < 4.78 is 1.40. The zero-order valence-corrected chi connectivity index (χ0v) is 12.2. The van der Waals surface area contributed by atoms with Crippen LogP contribution >= 0.6 is 34.8 Å². The van der Waals surface area contributed by atoms with E-state index in [4.69, 9.17) is 34.8 Å². The van der Waals surface area contributed by atoms with Crippen LogP contribution in [0.1, 0.15) is 0 Å². The highest BCUT2D eigenvalue weighted by Crippen LogP contribution is 2.26. The van der Waals surface area contributed by atoms with E-state index in [2.05, 4.69) is 4.98 Å². The van der Waals surface area contributed by atoms with Crippen molar-refractivity contribution in [2.45, 2.75) is 0 Å². The van der Waals surface area contributed by atoms with Gasteiger partial charge in [-0.25, -0.2) is 4.98 Å². The molecule has 0 radical (unpaired) electrons. The van der Waals surface area contributed by atoms with Gasteiger partial charge >= 0.3 is 0 Å². The first-order chi connectivity index (χ1) is 9.58. The van der Waals surface area contributed by atoms with E-state index in [1.165, 1.54) is 10.6 Å². The normalized spacial score (nSPS) is 10.9. The van der Waals surface area contributed by atoms with Crippen molar-refractivity contribution in [1.82, 2.24) is 9.55 Å². The minimum Gasteiger partial charge on any atom is -0.269 e. The van der Waals surface area contributed by atoms with Crippen molar-refractivity contribution in [1.29, 1.82) is 0 Å². The average Bonchev–Trinajstić information content (AvgIpc) is 2.40. The molecule has 6 heteroatoms. The molecule has 0 bridgehead atoms. The van der Waals surface area contributed by atoms with E-state index in [9.17, 15) is 4.79 Å². The Labute approximate surface area is 129 Å². The molecular formula is C14H7Cl3N2O. The van der Waals surface area contributed by atoms with Crippen molar-refractivity contribution < 1.29 is 0 Å². The van der Waals surface area contributed by atoms with Crippen molar-refractivity contribution in [3.05, 3.63) is 68.0 Å². The third kappa shape index (κ3) is 2.18. The zero-order chi connectivity index (χ0) is 14.3. The van der Waals surface area contributed by atoms with Crippen LogP contribution in [0.15, 0.2) is 47.3 Å². The molecule has 3 rings (SSSR count). The summed E-state index contributed by atoms with van der Waals surface area (Å²) in [5.74, 6) is 0. The molecule has 0 amide bonds. The molecule has 3 nitrogen and oxygen atoms in total. The summed E-state index contributed by atoms with van der Waals surface area (Å²) in [6, 6.07) is 11.7. The van der Waals surface area contributed by atoms with Crippen LogP contribution in [0, 0.1) is 0 Å². The first-order valence-corrected chi connectivity index (χ1v) is 6.84. The number of hydrogen-bond acceptors (Lipinski definition) is 2. The monoisotopic (exact) mass is 324 g/mol. The van der Waals surface area contributed by atoms with Crippen molar-refractivity contribution in [3.8, 4) is 5.69 Å². The Bertz CT molecular complexity index is 874. The standard InChI is InChI=1S/C14H7Cl3N2O/c15-9-3-1-2-4-11(9)19-13(20)7-10(16)8-5-6-12(17)18-14(8)19/h1-7H. The molecule has 0 aliphatic rings. The number of nitrogens with zero attached hydrogens (tertiary/aromatic N) is 2. The summed E-state index contributed by atoms with van der Waals surface area (Å²) >= 11 is 18.2. The van der Waals surface area contributed by atoms with Crippen molar-refractivity contribution >= 4 is 45.8 Å². The van der Waals surface area contributed by atoms with Gasteiger partial charge in [0.2, 0.25) is 0 Å². The molecule has 0 atom stereocenters. The number of pyridine rings is 2. The van der Waals surface area contributed by atoms with E-state index in [0.29, 0.717) is 26.8 Å². The third-order valence-electron chi connectivity index (χ3n) is 2.87. The Morgan fingerprint density at radius 1 is 0.950 bits per heavy atom. The van der Waals surface area contributed by atoms with E-state index in [-0.39, 0.29) is 10.7 Å². The minimum absolute atomic E-state index is 0.278. The summed E-state index contributed by atoms with van der Waals surface area (Å²) in [5, 5.41) is 1.69. The van der Waals surface area contributed by atoms with E-state index in [1.807, 2.05) is 0 Å². The lowest BCUT2D eigenvalue weighted by Crippen LogP contribution is -2.19. The number of halogens is 3. The second-order valence-corrected chi connectivity index (χ2v) is 5.32. The zero-order valence-electron chi connectivity index (χ0n) is 9.98. The number of benzene rings is 1. The number of para-hydroxylation sites is 1. The third-order valence-corrected chi connectivity index (χ3v) is 3.72. The molecule has 0 unspecified atom stereocenters. The molecule has 3 aromatic rings. The Balaban J connectivity index is 2.50. The lowest BCUT2D eigenvalue weighted by molar-refractivity contribution is 1.02. The van der Waals surface area contributed by atoms with Gasteiger partial charge in [0, 0.05) is 11.5 Å². The van der Waals surface area contributed by atoms with E-state index < -0.39 is 0 Å². The van der Waals surface area contributed by atoms with Gasteiger partial charge in [-0.1, -0.05) is 46.9 Å². The highest BCUT2D eigenvalue weighted by Gasteiger charge is 2.13. The van der Waals surface area contributed by atoms with Crippen LogP contribution in [0.4, 0.5) is 0 Å². The molecule has 0 N–H and O–H groups in total. The molecule has 100 valence electrons. The van der Waals surface area contributed by atoms with E-state index >= 15 is 0 Å². The second kappa shape index (κ2) is 5.09. The molecular weight excluding hydrogens is 319 g/mol. The first kappa shape index (κ1) is 13.4. The smallest absolute Gasteiger partial charge is 0.258 e. The summed E-state index contributed by atoms with van der Waals surface area (Å²) in [4.78, 5) is 16.5. The molecule has 0 aliphatic heterocycles. The quantitative estimate of drug-likeness (QED) is 0.624. The van der Waals surface area contributed by atoms with Crippen LogP contribution in [0.3, 0.4) is 0 Å². The van der Waals surface area contributed by atoms with Gasteiger partial charge in [0.1, 0.15) is 5.15 Å². The summed E-state index contributed by atoms with van der Waals surface area (Å²) in [6.07, 6.45) is 0. The number of hydrogen-bond donors (Lipinski definition) is 0. The van der Waals surface area contributed by atoms with Crippen LogP contribution < -0.4 is 5.56 Å². The number of rotatable bonds is 1. The molecule has 2 aromatic heterocycles. The fraction of sp³-hybridized carbons (Fsp3) is 0. The number of aromatic nitrogens is 2. The fourth-order valence-corrected chi connectivity index (χ4v) is 2.61. The van der Waals surface area contributed by atoms with Crippen LogP contribution in [-0.2, 0) is 0 Å². The van der Waals surface area contributed by atoms with Gasteiger partial charge in [0.15, 0.2) is 5.65 Å². The Morgan fingerprint density at radius 3 is 2.45 bits per heavy atom. The maximum Gasteiger partial charge on any atom is 0.258 e. The lowest BCUT2D eigenvalue weighted by Gasteiger charge is -2.11. The highest BCUT2D eigenvalue weighted by molar-refractivity contribution is 6.36. The van der Waals surface area contributed by atoms with Crippen molar-refractivity contribution in [2.24, 2.45) is 0 Å².